The predicted octanol–water partition coefficient (Wildman–Crippen LogP) is 4.30. The minimum absolute atomic E-state index is 0.278. The van der Waals surface area contributed by atoms with Crippen LogP contribution in [0.5, 0.6) is 5.75 Å². The number of anilines is 1. The van der Waals surface area contributed by atoms with Crippen molar-refractivity contribution in [2.45, 2.75) is 13.0 Å². The van der Waals surface area contributed by atoms with Gasteiger partial charge in [-0.1, -0.05) is 11.6 Å². The molecule has 5 nitrogen and oxygen atoms in total. The molecule has 24 heavy (non-hydrogen) atoms. The van der Waals surface area contributed by atoms with Crippen LogP contribution in [0.3, 0.4) is 0 Å². The van der Waals surface area contributed by atoms with E-state index in [1.165, 1.54) is 20.1 Å². The van der Waals surface area contributed by atoms with E-state index in [0.717, 1.165) is 0 Å². The molecule has 2 aromatic carbocycles. The molecule has 7 heteroatoms. The number of hydrogen-bond acceptors (Lipinski definition) is 4. The van der Waals surface area contributed by atoms with Crippen molar-refractivity contribution in [3.63, 3.8) is 0 Å². The van der Waals surface area contributed by atoms with Gasteiger partial charge in [-0.2, -0.15) is 0 Å². The van der Waals surface area contributed by atoms with E-state index in [1.807, 2.05) is 0 Å². The molecule has 0 fully saturated rings. The number of nitrogens with one attached hydrogen (secondary N) is 1. The van der Waals surface area contributed by atoms with Gasteiger partial charge >= 0.3 is 5.97 Å². The fraction of sp³-hybridized carbons (Fsp3) is 0.176. The second-order valence-corrected chi connectivity index (χ2v) is 6.18. The molecule has 2 rings (SSSR count). The van der Waals surface area contributed by atoms with Crippen LogP contribution in [0.1, 0.15) is 17.3 Å². The Kier molecular flexibility index (Phi) is 6.23. The Balaban J connectivity index is 2.02. The number of carbonyl (C=O) groups is 2. The SMILES string of the molecule is COc1ccc(Br)c(C(=O)OC(C)C(=O)Nc2ccc(Cl)cc2)c1. The van der Waals surface area contributed by atoms with Crippen LogP contribution in [0.2, 0.25) is 5.02 Å². The van der Waals surface area contributed by atoms with Crippen LogP contribution < -0.4 is 10.1 Å². The summed E-state index contributed by atoms with van der Waals surface area (Å²) in [6, 6.07) is 11.5. The Labute approximate surface area is 153 Å². The van der Waals surface area contributed by atoms with Gasteiger partial charge in [-0.3, -0.25) is 4.79 Å². The summed E-state index contributed by atoms with van der Waals surface area (Å²) in [4.78, 5) is 24.4. The Morgan fingerprint density at radius 3 is 2.46 bits per heavy atom. The molecule has 0 heterocycles. The quantitative estimate of drug-likeness (QED) is 0.744. The summed E-state index contributed by atoms with van der Waals surface area (Å²) in [6.07, 6.45) is -0.966. The van der Waals surface area contributed by atoms with E-state index in [2.05, 4.69) is 21.2 Å². The number of methoxy groups -OCH3 is 1. The van der Waals surface area contributed by atoms with Crippen LogP contribution in [0.25, 0.3) is 0 Å². The fourth-order valence-electron chi connectivity index (χ4n) is 1.84. The first-order chi connectivity index (χ1) is 11.4. The number of amides is 1. The molecule has 0 saturated carbocycles. The van der Waals surface area contributed by atoms with E-state index >= 15 is 0 Å². The normalized spacial score (nSPS) is 11.5. The van der Waals surface area contributed by atoms with Crippen molar-refractivity contribution < 1.29 is 19.1 Å². The third-order valence-corrected chi connectivity index (χ3v) is 4.10. The molecule has 2 aromatic rings. The molecule has 0 radical (unpaired) electrons. The van der Waals surface area contributed by atoms with Crippen LogP contribution in [0, 0.1) is 0 Å². The van der Waals surface area contributed by atoms with Gasteiger partial charge in [-0.25, -0.2) is 4.79 Å². The first-order valence-corrected chi connectivity index (χ1v) is 8.18. The minimum atomic E-state index is -0.966. The van der Waals surface area contributed by atoms with Gasteiger partial charge in [0, 0.05) is 15.2 Å². The van der Waals surface area contributed by atoms with E-state index in [0.29, 0.717) is 20.9 Å². The molecule has 0 spiro atoms. The van der Waals surface area contributed by atoms with Gasteiger partial charge in [0.25, 0.3) is 5.91 Å². The Morgan fingerprint density at radius 1 is 1.17 bits per heavy atom. The summed E-state index contributed by atoms with van der Waals surface area (Å²) in [6.45, 7) is 1.50. The maximum Gasteiger partial charge on any atom is 0.340 e. The molecule has 0 aliphatic carbocycles. The summed E-state index contributed by atoms with van der Waals surface area (Å²) in [7, 11) is 1.50. The van der Waals surface area contributed by atoms with Gasteiger partial charge in [-0.15, -0.1) is 0 Å². The zero-order valence-corrected chi connectivity index (χ0v) is 15.3. The Bertz CT molecular complexity index is 749. The predicted molar refractivity (Wildman–Crippen MR) is 95.7 cm³/mol. The summed E-state index contributed by atoms with van der Waals surface area (Å²) >= 11 is 9.07. The van der Waals surface area contributed by atoms with E-state index in [4.69, 9.17) is 21.1 Å². The number of hydrogen-bond donors (Lipinski definition) is 1. The van der Waals surface area contributed by atoms with Gasteiger partial charge in [0.2, 0.25) is 0 Å². The highest BCUT2D eigenvalue weighted by Gasteiger charge is 2.21. The highest BCUT2D eigenvalue weighted by Crippen LogP contribution is 2.23. The first kappa shape index (κ1) is 18.3. The standard InChI is InChI=1S/C17H15BrClNO4/c1-10(16(21)20-12-5-3-11(19)4-6-12)24-17(22)14-9-13(23-2)7-8-15(14)18/h3-10H,1-2H3,(H,20,21). The van der Waals surface area contributed by atoms with Gasteiger partial charge in [-0.05, 0) is 65.3 Å². The number of ether oxygens (including phenoxy) is 2. The average Bonchev–Trinajstić information content (AvgIpc) is 2.57. The maximum absolute atomic E-state index is 12.2. The van der Waals surface area contributed by atoms with E-state index in [-0.39, 0.29) is 5.56 Å². The van der Waals surface area contributed by atoms with Crippen molar-refractivity contribution in [2.75, 3.05) is 12.4 Å². The topological polar surface area (TPSA) is 64.6 Å². The number of halogens is 2. The smallest absolute Gasteiger partial charge is 0.340 e. The number of carbonyl (C=O) groups excluding carboxylic acids is 2. The average molecular weight is 413 g/mol. The zero-order valence-electron chi connectivity index (χ0n) is 13.0. The van der Waals surface area contributed by atoms with Crippen molar-refractivity contribution in [1.82, 2.24) is 0 Å². The lowest BCUT2D eigenvalue weighted by molar-refractivity contribution is -0.123. The molecule has 0 aromatic heterocycles. The Hall–Kier alpha value is -2.05. The van der Waals surface area contributed by atoms with Crippen molar-refractivity contribution in [3.8, 4) is 5.75 Å². The molecule has 0 aliphatic rings. The Morgan fingerprint density at radius 2 is 1.83 bits per heavy atom. The minimum Gasteiger partial charge on any atom is -0.497 e. The van der Waals surface area contributed by atoms with Gasteiger partial charge < -0.3 is 14.8 Å². The summed E-state index contributed by atoms with van der Waals surface area (Å²) in [5.74, 6) is -0.548. The number of esters is 1. The monoisotopic (exact) mass is 411 g/mol. The second kappa shape index (κ2) is 8.17. The van der Waals surface area contributed by atoms with E-state index < -0.39 is 18.0 Å². The van der Waals surface area contributed by atoms with E-state index in [1.54, 1.807) is 36.4 Å². The lowest BCUT2D eigenvalue weighted by Gasteiger charge is -2.14. The number of benzene rings is 2. The zero-order chi connectivity index (χ0) is 17.7. The lowest BCUT2D eigenvalue weighted by atomic mass is 10.2. The van der Waals surface area contributed by atoms with Crippen LogP contribution in [-0.4, -0.2) is 25.1 Å². The summed E-state index contributed by atoms with van der Waals surface area (Å²) in [5, 5.41) is 3.22. The molecule has 0 aliphatic heterocycles. The van der Waals surface area contributed by atoms with Crippen molar-refractivity contribution in [3.05, 3.63) is 57.5 Å². The molecule has 1 N–H and O–H groups in total. The van der Waals surface area contributed by atoms with Gasteiger partial charge in [0.1, 0.15) is 5.75 Å². The third kappa shape index (κ3) is 4.72. The fourth-order valence-corrected chi connectivity index (χ4v) is 2.38. The van der Waals surface area contributed by atoms with Crippen LogP contribution in [-0.2, 0) is 9.53 Å². The molecular formula is C17H15BrClNO4. The van der Waals surface area contributed by atoms with Crippen LogP contribution >= 0.6 is 27.5 Å². The summed E-state index contributed by atoms with van der Waals surface area (Å²) in [5.41, 5.74) is 0.843. The second-order valence-electron chi connectivity index (χ2n) is 4.89. The van der Waals surface area contributed by atoms with Crippen molar-refractivity contribution in [1.29, 1.82) is 0 Å². The number of rotatable bonds is 5. The molecule has 126 valence electrons. The van der Waals surface area contributed by atoms with Crippen molar-refractivity contribution >= 4 is 45.1 Å². The molecule has 0 bridgehead atoms. The molecule has 0 saturated heterocycles. The molecular weight excluding hydrogens is 398 g/mol. The maximum atomic E-state index is 12.2. The third-order valence-electron chi connectivity index (χ3n) is 3.16. The molecule has 1 unspecified atom stereocenters. The van der Waals surface area contributed by atoms with Gasteiger partial charge in [0.15, 0.2) is 6.10 Å². The molecule has 1 amide bonds. The van der Waals surface area contributed by atoms with Crippen LogP contribution in [0.4, 0.5) is 5.69 Å². The van der Waals surface area contributed by atoms with Gasteiger partial charge in [0.05, 0.1) is 12.7 Å². The molecule has 1 atom stereocenters. The highest BCUT2D eigenvalue weighted by molar-refractivity contribution is 9.10. The largest absolute Gasteiger partial charge is 0.497 e. The van der Waals surface area contributed by atoms with E-state index in [9.17, 15) is 9.59 Å². The lowest BCUT2D eigenvalue weighted by Crippen LogP contribution is -2.30. The van der Waals surface area contributed by atoms with Crippen LogP contribution in [0.15, 0.2) is 46.9 Å². The summed E-state index contributed by atoms with van der Waals surface area (Å²) < 4.78 is 10.8. The first-order valence-electron chi connectivity index (χ1n) is 7.01. The highest BCUT2D eigenvalue weighted by atomic mass is 79.9. The van der Waals surface area contributed by atoms with Crippen molar-refractivity contribution in [2.24, 2.45) is 0 Å².